The minimum atomic E-state index is -0.161. The molecule has 2 rings (SSSR count). The van der Waals surface area contributed by atoms with E-state index in [1.165, 1.54) is 0 Å². The number of carbonyl (C=O) groups excluding carboxylic acids is 1. The Kier molecular flexibility index (Phi) is 4.34. The van der Waals surface area contributed by atoms with E-state index in [0.29, 0.717) is 17.9 Å². The zero-order valence-corrected chi connectivity index (χ0v) is 12.6. The maximum Gasteiger partial charge on any atom is 0.251 e. The Labute approximate surface area is 122 Å². The Morgan fingerprint density at radius 3 is 2.75 bits per heavy atom. The average Bonchev–Trinajstić information content (AvgIpc) is 2.81. The van der Waals surface area contributed by atoms with Crippen LogP contribution in [0.3, 0.4) is 0 Å². The molecule has 3 N–H and O–H groups in total. The quantitative estimate of drug-likeness (QED) is 0.906. The van der Waals surface area contributed by atoms with Crippen molar-refractivity contribution in [1.82, 2.24) is 15.3 Å². The zero-order chi connectivity index (χ0) is 14.7. The molecular weight excluding hydrogens is 272 g/mol. The Bertz CT molecular complexity index is 621. The largest absolute Gasteiger partial charge is 0.384 e. The average molecular weight is 290 g/mol. The molecule has 1 amide bonds. The molecule has 2 aromatic heterocycles. The molecule has 20 heavy (non-hydrogen) atoms. The van der Waals surface area contributed by atoms with Crippen molar-refractivity contribution in [2.24, 2.45) is 0 Å². The van der Waals surface area contributed by atoms with Crippen LogP contribution in [0.5, 0.6) is 0 Å². The van der Waals surface area contributed by atoms with Gasteiger partial charge >= 0.3 is 0 Å². The van der Waals surface area contributed by atoms with Crippen LogP contribution in [-0.4, -0.2) is 15.9 Å². The van der Waals surface area contributed by atoms with Crippen molar-refractivity contribution in [2.45, 2.75) is 33.2 Å². The molecule has 0 aromatic carbocycles. The van der Waals surface area contributed by atoms with Crippen LogP contribution in [0.4, 0.5) is 5.82 Å². The van der Waals surface area contributed by atoms with Gasteiger partial charge in [0, 0.05) is 16.6 Å². The number of hydrogen-bond acceptors (Lipinski definition) is 5. The van der Waals surface area contributed by atoms with E-state index >= 15 is 0 Å². The normalized spacial score (nSPS) is 10.8. The third-order valence-corrected chi connectivity index (χ3v) is 3.64. The summed E-state index contributed by atoms with van der Waals surface area (Å²) in [5, 5.41) is 5.77. The van der Waals surface area contributed by atoms with Crippen molar-refractivity contribution in [1.29, 1.82) is 0 Å². The van der Waals surface area contributed by atoms with E-state index in [1.54, 1.807) is 23.5 Å². The van der Waals surface area contributed by atoms with Gasteiger partial charge in [-0.15, -0.1) is 11.3 Å². The molecule has 0 saturated carbocycles. The number of anilines is 1. The third kappa shape index (κ3) is 3.54. The maximum atomic E-state index is 12.1. The smallest absolute Gasteiger partial charge is 0.251 e. The molecule has 0 fully saturated rings. The van der Waals surface area contributed by atoms with Crippen LogP contribution in [0, 0.1) is 6.92 Å². The monoisotopic (exact) mass is 290 g/mol. The van der Waals surface area contributed by atoms with Gasteiger partial charge < -0.3 is 11.1 Å². The molecule has 0 bridgehead atoms. The zero-order valence-electron chi connectivity index (χ0n) is 11.8. The van der Waals surface area contributed by atoms with E-state index in [1.807, 2.05) is 26.2 Å². The molecule has 5 nitrogen and oxygen atoms in total. The highest BCUT2D eigenvalue weighted by atomic mass is 32.1. The summed E-state index contributed by atoms with van der Waals surface area (Å²) in [4.78, 5) is 20.7. The number of aromatic nitrogens is 2. The number of carbonyl (C=O) groups is 1. The molecule has 2 aromatic rings. The summed E-state index contributed by atoms with van der Waals surface area (Å²) in [6, 6.07) is 3.37. The van der Waals surface area contributed by atoms with E-state index in [9.17, 15) is 4.79 Å². The number of hydrogen-bond donors (Lipinski definition) is 2. The fraction of sp³-hybridized carbons (Fsp3) is 0.357. The second-order valence-corrected chi connectivity index (χ2v) is 5.96. The predicted octanol–water partition coefficient (Wildman–Crippen LogP) is 2.48. The number of thiazole rings is 1. The second-order valence-electron chi connectivity index (χ2n) is 4.90. The molecule has 0 unspecified atom stereocenters. The van der Waals surface area contributed by atoms with Gasteiger partial charge in [0.25, 0.3) is 5.91 Å². The lowest BCUT2D eigenvalue weighted by Crippen LogP contribution is -2.23. The number of pyridine rings is 1. The van der Waals surface area contributed by atoms with E-state index in [4.69, 9.17) is 5.73 Å². The molecule has 0 atom stereocenters. The van der Waals surface area contributed by atoms with Crippen LogP contribution in [0.15, 0.2) is 17.5 Å². The first kappa shape index (κ1) is 14.5. The van der Waals surface area contributed by atoms with Gasteiger partial charge in [0.2, 0.25) is 0 Å². The van der Waals surface area contributed by atoms with Gasteiger partial charge in [-0.2, -0.15) is 0 Å². The number of nitrogens with one attached hydrogen (secondary N) is 1. The Balaban J connectivity index is 2.09. The van der Waals surface area contributed by atoms with E-state index < -0.39 is 0 Å². The first-order valence-electron chi connectivity index (χ1n) is 6.42. The van der Waals surface area contributed by atoms with Gasteiger partial charge in [0.05, 0.1) is 17.2 Å². The SMILES string of the molecule is Cc1nc(CNC(=O)c2cc(N)nc(C(C)C)c2)cs1. The van der Waals surface area contributed by atoms with Crippen molar-refractivity contribution < 1.29 is 4.79 Å². The molecule has 2 heterocycles. The standard InChI is InChI=1S/C14H18N4OS/c1-8(2)12-4-10(5-13(15)18-12)14(19)16-6-11-7-20-9(3)17-11/h4-5,7-8H,6H2,1-3H3,(H2,15,18)(H,16,19). The lowest BCUT2D eigenvalue weighted by atomic mass is 10.1. The van der Waals surface area contributed by atoms with Gasteiger partial charge in [-0.25, -0.2) is 9.97 Å². The molecule has 106 valence electrons. The molecule has 0 saturated heterocycles. The second kappa shape index (κ2) is 6.00. The first-order chi connectivity index (χ1) is 9.45. The highest BCUT2D eigenvalue weighted by Crippen LogP contribution is 2.16. The van der Waals surface area contributed by atoms with Crippen LogP contribution < -0.4 is 11.1 Å². The summed E-state index contributed by atoms with van der Waals surface area (Å²) in [6.07, 6.45) is 0. The van der Waals surface area contributed by atoms with Crippen LogP contribution in [-0.2, 0) is 6.54 Å². The maximum absolute atomic E-state index is 12.1. The Morgan fingerprint density at radius 1 is 1.40 bits per heavy atom. The lowest BCUT2D eigenvalue weighted by Gasteiger charge is -2.09. The lowest BCUT2D eigenvalue weighted by molar-refractivity contribution is 0.0950. The van der Waals surface area contributed by atoms with Crippen molar-refractivity contribution in [2.75, 3.05) is 5.73 Å². The summed E-state index contributed by atoms with van der Waals surface area (Å²) < 4.78 is 0. The van der Waals surface area contributed by atoms with Crippen molar-refractivity contribution in [3.8, 4) is 0 Å². The minimum Gasteiger partial charge on any atom is -0.384 e. The molecule has 0 aliphatic heterocycles. The fourth-order valence-electron chi connectivity index (χ4n) is 1.76. The number of aryl methyl sites for hydroxylation is 1. The van der Waals surface area contributed by atoms with Gasteiger partial charge in [-0.3, -0.25) is 4.79 Å². The summed E-state index contributed by atoms with van der Waals surface area (Å²) in [5.74, 6) is 0.434. The number of nitrogens with zero attached hydrogens (tertiary/aromatic N) is 2. The van der Waals surface area contributed by atoms with E-state index in [0.717, 1.165) is 16.4 Å². The summed E-state index contributed by atoms with van der Waals surface area (Å²) >= 11 is 1.57. The molecule has 6 heteroatoms. The molecule has 0 radical (unpaired) electrons. The third-order valence-electron chi connectivity index (χ3n) is 2.82. The van der Waals surface area contributed by atoms with Crippen molar-refractivity contribution >= 4 is 23.1 Å². The first-order valence-corrected chi connectivity index (χ1v) is 7.30. The highest BCUT2D eigenvalue weighted by Gasteiger charge is 2.11. The van der Waals surface area contributed by atoms with Gasteiger partial charge in [0.15, 0.2) is 0 Å². The van der Waals surface area contributed by atoms with Crippen LogP contribution >= 0.6 is 11.3 Å². The van der Waals surface area contributed by atoms with E-state index in [2.05, 4.69) is 15.3 Å². The van der Waals surface area contributed by atoms with Gasteiger partial charge in [0.1, 0.15) is 5.82 Å². The molecule has 0 aliphatic carbocycles. The molecule has 0 aliphatic rings. The predicted molar refractivity (Wildman–Crippen MR) is 80.8 cm³/mol. The Morgan fingerprint density at radius 2 is 2.15 bits per heavy atom. The summed E-state index contributed by atoms with van der Waals surface area (Å²) in [7, 11) is 0. The summed E-state index contributed by atoms with van der Waals surface area (Å²) in [5.41, 5.74) is 7.97. The topological polar surface area (TPSA) is 80.9 Å². The highest BCUT2D eigenvalue weighted by molar-refractivity contribution is 7.09. The van der Waals surface area contributed by atoms with Crippen LogP contribution in [0.2, 0.25) is 0 Å². The number of amides is 1. The van der Waals surface area contributed by atoms with Gasteiger partial charge in [-0.05, 0) is 25.0 Å². The van der Waals surface area contributed by atoms with E-state index in [-0.39, 0.29) is 11.8 Å². The number of rotatable bonds is 4. The van der Waals surface area contributed by atoms with Crippen molar-refractivity contribution in [3.63, 3.8) is 0 Å². The number of nitrogens with two attached hydrogens (primary N) is 1. The number of nitrogen functional groups attached to an aromatic ring is 1. The van der Waals surface area contributed by atoms with Gasteiger partial charge in [-0.1, -0.05) is 13.8 Å². The minimum absolute atomic E-state index is 0.161. The summed E-state index contributed by atoms with van der Waals surface area (Å²) in [6.45, 7) is 6.39. The fourth-order valence-corrected chi connectivity index (χ4v) is 2.38. The molecular formula is C14H18N4OS. The van der Waals surface area contributed by atoms with Crippen molar-refractivity contribution in [3.05, 3.63) is 39.5 Å². The van der Waals surface area contributed by atoms with Crippen LogP contribution in [0.1, 0.15) is 46.5 Å². The Hall–Kier alpha value is -1.95. The molecule has 0 spiro atoms. The van der Waals surface area contributed by atoms with Crippen LogP contribution in [0.25, 0.3) is 0 Å².